The summed E-state index contributed by atoms with van der Waals surface area (Å²) >= 11 is 0. The first-order chi connectivity index (χ1) is 9.53. The van der Waals surface area contributed by atoms with Crippen LogP contribution in [0.2, 0.25) is 0 Å². The Labute approximate surface area is 128 Å². The van der Waals surface area contributed by atoms with Crippen LogP contribution in [0.25, 0.3) is 0 Å². The molecule has 0 radical (unpaired) electrons. The van der Waals surface area contributed by atoms with Crippen molar-refractivity contribution in [1.29, 1.82) is 0 Å². The smallest absolute Gasteiger partial charge is 0.305 e. The molecule has 1 amide bonds. The molecule has 2 atom stereocenters. The molecule has 0 heterocycles. The molecule has 5 heteroatoms. The largest absolute Gasteiger partial charge is 0.481 e. The zero-order valence-electron chi connectivity index (χ0n) is 14.1. The summed E-state index contributed by atoms with van der Waals surface area (Å²) in [5.41, 5.74) is 5.68. The van der Waals surface area contributed by atoms with Gasteiger partial charge in [-0.2, -0.15) is 0 Å². The number of nitrogens with two attached hydrogens (primary N) is 1. The Morgan fingerprint density at radius 3 is 2.14 bits per heavy atom. The van der Waals surface area contributed by atoms with E-state index >= 15 is 0 Å². The first-order valence-corrected chi connectivity index (χ1v) is 7.74. The van der Waals surface area contributed by atoms with E-state index in [1.807, 2.05) is 20.8 Å². The lowest BCUT2D eigenvalue weighted by Gasteiger charge is -2.26. The summed E-state index contributed by atoms with van der Waals surface area (Å²) in [5, 5.41) is 11.8. The molecule has 0 aromatic heterocycles. The Kier molecular flexibility index (Phi) is 8.55. The minimum atomic E-state index is -0.887. The topological polar surface area (TPSA) is 92.4 Å². The fourth-order valence-corrected chi connectivity index (χ4v) is 2.60. The lowest BCUT2D eigenvalue weighted by molar-refractivity contribution is -0.138. The van der Waals surface area contributed by atoms with E-state index in [0.29, 0.717) is 25.3 Å². The number of carbonyl (C=O) groups is 2. The summed E-state index contributed by atoms with van der Waals surface area (Å²) in [5.74, 6) is -0.329. The van der Waals surface area contributed by atoms with Crippen LogP contribution in [0.15, 0.2) is 0 Å². The highest BCUT2D eigenvalue weighted by Crippen LogP contribution is 2.22. The molecule has 0 saturated carbocycles. The van der Waals surface area contributed by atoms with Crippen molar-refractivity contribution >= 4 is 11.9 Å². The van der Waals surface area contributed by atoms with E-state index in [4.69, 9.17) is 10.8 Å². The SMILES string of the molecule is CC(C)C[C@H](CN)CC(=O)NC(CC(=O)O)CC(C)(C)C. The van der Waals surface area contributed by atoms with Crippen LogP contribution in [0.1, 0.15) is 60.3 Å². The van der Waals surface area contributed by atoms with Crippen molar-refractivity contribution in [3.63, 3.8) is 0 Å². The van der Waals surface area contributed by atoms with E-state index in [1.54, 1.807) is 0 Å². The van der Waals surface area contributed by atoms with Gasteiger partial charge in [0.1, 0.15) is 0 Å². The molecule has 0 aliphatic heterocycles. The van der Waals surface area contributed by atoms with Crippen LogP contribution in [-0.2, 0) is 9.59 Å². The second-order valence-corrected chi connectivity index (χ2v) is 7.56. The lowest BCUT2D eigenvalue weighted by atomic mass is 9.86. The summed E-state index contributed by atoms with van der Waals surface area (Å²) in [6, 6.07) is -0.326. The third-order valence-electron chi connectivity index (χ3n) is 3.26. The predicted molar refractivity (Wildman–Crippen MR) is 84.9 cm³/mol. The number of hydrogen-bond donors (Lipinski definition) is 3. The number of carbonyl (C=O) groups excluding carboxylic acids is 1. The van der Waals surface area contributed by atoms with Crippen molar-refractivity contribution in [1.82, 2.24) is 5.32 Å². The van der Waals surface area contributed by atoms with Gasteiger partial charge < -0.3 is 16.2 Å². The van der Waals surface area contributed by atoms with Gasteiger partial charge in [0.05, 0.1) is 6.42 Å². The maximum Gasteiger partial charge on any atom is 0.305 e. The molecule has 0 fully saturated rings. The van der Waals surface area contributed by atoms with Crippen LogP contribution >= 0.6 is 0 Å². The zero-order valence-corrected chi connectivity index (χ0v) is 14.1. The highest BCUT2D eigenvalue weighted by Gasteiger charge is 2.23. The molecule has 0 aliphatic rings. The molecule has 1 unspecified atom stereocenters. The average Bonchev–Trinajstić information content (AvgIpc) is 2.23. The van der Waals surface area contributed by atoms with Gasteiger partial charge in [-0.1, -0.05) is 34.6 Å². The molecule has 0 rings (SSSR count). The van der Waals surface area contributed by atoms with Crippen LogP contribution in [-0.4, -0.2) is 29.6 Å². The van der Waals surface area contributed by atoms with Gasteiger partial charge in [-0.25, -0.2) is 0 Å². The Morgan fingerprint density at radius 1 is 1.19 bits per heavy atom. The molecular formula is C16H32N2O3. The number of carboxylic acid groups (broad SMARTS) is 1. The van der Waals surface area contributed by atoms with Gasteiger partial charge in [0, 0.05) is 12.5 Å². The number of nitrogens with one attached hydrogen (secondary N) is 1. The van der Waals surface area contributed by atoms with Crippen molar-refractivity contribution in [3.8, 4) is 0 Å². The van der Waals surface area contributed by atoms with Gasteiger partial charge in [-0.3, -0.25) is 9.59 Å². The van der Waals surface area contributed by atoms with Gasteiger partial charge in [0.15, 0.2) is 0 Å². The van der Waals surface area contributed by atoms with Gasteiger partial charge in [-0.05, 0) is 36.6 Å². The second kappa shape index (κ2) is 9.03. The van der Waals surface area contributed by atoms with Crippen LogP contribution in [0, 0.1) is 17.3 Å². The molecule has 0 spiro atoms. The molecule has 124 valence electrons. The highest BCUT2D eigenvalue weighted by molar-refractivity contribution is 5.77. The molecule has 0 aromatic carbocycles. The minimum Gasteiger partial charge on any atom is -0.481 e. The van der Waals surface area contributed by atoms with E-state index in [1.165, 1.54) is 0 Å². The number of carboxylic acids is 1. The predicted octanol–water partition coefficient (Wildman–Crippen LogP) is 2.39. The van der Waals surface area contributed by atoms with Crippen molar-refractivity contribution in [2.24, 2.45) is 23.0 Å². The van der Waals surface area contributed by atoms with E-state index in [9.17, 15) is 9.59 Å². The third-order valence-corrected chi connectivity index (χ3v) is 3.26. The average molecular weight is 300 g/mol. The fourth-order valence-electron chi connectivity index (χ4n) is 2.60. The maximum atomic E-state index is 12.1. The number of rotatable bonds is 9. The summed E-state index contributed by atoms with van der Waals surface area (Å²) in [4.78, 5) is 23.0. The van der Waals surface area contributed by atoms with Crippen LogP contribution in [0.5, 0.6) is 0 Å². The molecule has 0 bridgehead atoms. The lowest BCUT2D eigenvalue weighted by Crippen LogP contribution is -2.40. The Balaban J connectivity index is 4.54. The fraction of sp³-hybridized carbons (Fsp3) is 0.875. The van der Waals surface area contributed by atoms with Gasteiger partial charge in [0.25, 0.3) is 0 Å². The molecule has 0 aliphatic carbocycles. The quantitative estimate of drug-likeness (QED) is 0.609. The van der Waals surface area contributed by atoms with Gasteiger partial charge in [0.2, 0.25) is 5.91 Å². The van der Waals surface area contributed by atoms with E-state index in [2.05, 4.69) is 19.2 Å². The molecule has 5 nitrogen and oxygen atoms in total. The van der Waals surface area contributed by atoms with Crippen molar-refractivity contribution < 1.29 is 14.7 Å². The Bertz CT molecular complexity index is 335. The first-order valence-electron chi connectivity index (χ1n) is 7.74. The second-order valence-electron chi connectivity index (χ2n) is 7.56. The molecule has 21 heavy (non-hydrogen) atoms. The number of aliphatic carboxylic acids is 1. The van der Waals surface area contributed by atoms with Crippen LogP contribution in [0.3, 0.4) is 0 Å². The van der Waals surface area contributed by atoms with E-state index in [0.717, 1.165) is 6.42 Å². The molecule has 0 saturated heterocycles. The van der Waals surface area contributed by atoms with Crippen LogP contribution in [0.4, 0.5) is 0 Å². The van der Waals surface area contributed by atoms with Crippen LogP contribution < -0.4 is 11.1 Å². The standard InChI is InChI=1S/C16H32N2O3/c1-11(2)6-12(10-17)7-14(19)18-13(8-15(20)21)9-16(3,4)5/h11-13H,6-10,17H2,1-5H3,(H,18,19)(H,20,21)/t12-,13?/m0/s1. The van der Waals surface area contributed by atoms with Gasteiger partial charge >= 0.3 is 5.97 Å². The van der Waals surface area contributed by atoms with E-state index in [-0.39, 0.29) is 29.7 Å². The highest BCUT2D eigenvalue weighted by atomic mass is 16.4. The Hall–Kier alpha value is -1.10. The summed E-state index contributed by atoms with van der Waals surface area (Å²) in [6.45, 7) is 10.8. The van der Waals surface area contributed by atoms with Gasteiger partial charge in [-0.15, -0.1) is 0 Å². The zero-order chi connectivity index (χ0) is 16.6. The first kappa shape index (κ1) is 19.9. The van der Waals surface area contributed by atoms with Crippen molar-refractivity contribution in [2.75, 3.05) is 6.54 Å². The number of hydrogen-bond acceptors (Lipinski definition) is 3. The van der Waals surface area contributed by atoms with Crippen molar-refractivity contribution in [3.05, 3.63) is 0 Å². The Morgan fingerprint density at radius 2 is 1.76 bits per heavy atom. The maximum absolute atomic E-state index is 12.1. The summed E-state index contributed by atoms with van der Waals surface area (Å²) in [7, 11) is 0. The number of amides is 1. The van der Waals surface area contributed by atoms with Crippen molar-refractivity contribution in [2.45, 2.75) is 66.3 Å². The monoisotopic (exact) mass is 300 g/mol. The molecular weight excluding hydrogens is 268 g/mol. The van der Waals surface area contributed by atoms with E-state index < -0.39 is 5.97 Å². The summed E-state index contributed by atoms with van der Waals surface area (Å²) < 4.78 is 0. The minimum absolute atomic E-state index is 0.0292. The molecule has 0 aromatic rings. The molecule has 4 N–H and O–H groups in total. The normalized spacial score (nSPS) is 14.8. The third kappa shape index (κ3) is 11.3. The summed E-state index contributed by atoms with van der Waals surface area (Å²) in [6.07, 6.45) is 1.88.